The fourth-order valence-corrected chi connectivity index (χ4v) is 11.9. The zero-order valence-corrected chi connectivity index (χ0v) is 69.2. The van der Waals surface area contributed by atoms with Gasteiger partial charge < -0.3 is 34.2 Å². The molecule has 616 valence electrons. The first kappa shape index (κ1) is 103. The van der Waals surface area contributed by atoms with Crippen LogP contribution in [0.4, 0.5) is 0 Å². The highest BCUT2D eigenvalue weighted by atomic mass is 31.2. The highest BCUT2D eigenvalue weighted by Crippen LogP contribution is 2.45. The van der Waals surface area contributed by atoms with E-state index in [0.717, 1.165) is 161 Å². The zero-order chi connectivity index (χ0) is 79.4. The Balaban J connectivity index is 4.59. The Morgan fingerprint density at radius 3 is 0.752 bits per heavy atom. The van der Waals surface area contributed by atoms with Gasteiger partial charge in [0.15, 0.2) is 6.10 Å². The lowest BCUT2D eigenvalue weighted by molar-refractivity contribution is -0.161. The zero-order valence-electron chi connectivity index (χ0n) is 67.4. The monoisotopic (exact) mass is 1560 g/mol. The normalized spacial score (nSPS) is 15.0. The maximum atomic E-state index is 13.0. The van der Waals surface area contributed by atoms with Gasteiger partial charge in [0.2, 0.25) is 0 Å². The molecule has 0 heterocycles. The third-order valence-electron chi connectivity index (χ3n) is 16.5. The number of phosphoric acid groups is 2. The number of hydrogen-bond acceptors (Lipinski definition) is 14. The number of carbonyl (C=O) groups excluding carboxylic acids is 3. The van der Waals surface area contributed by atoms with Crippen LogP contribution >= 0.6 is 15.6 Å². The van der Waals surface area contributed by atoms with Crippen LogP contribution in [0.15, 0.2) is 207 Å². The second kappa shape index (κ2) is 81.6. The Morgan fingerprint density at radius 1 is 0.257 bits per heavy atom. The second-order valence-electron chi connectivity index (χ2n) is 26.8. The van der Waals surface area contributed by atoms with Crippen LogP contribution in [0.1, 0.15) is 290 Å². The summed E-state index contributed by atoms with van der Waals surface area (Å²) in [6.07, 6.45) is 109. The van der Waals surface area contributed by atoms with Crippen molar-refractivity contribution in [3.8, 4) is 0 Å². The average Bonchev–Trinajstić information content (AvgIpc) is 0.901. The molecule has 5 unspecified atom stereocenters. The summed E-state index contributed by atoms with van der Waals surface area (Å²) in [6, 6.07) is 0. The molecule has 0 aliphatic rings. The van der Waals surface area contributed by atoms with Crippen LogP contribution in [-0.4, -0.2) is 95.9 Å². The van der Waals surface area contributed by atoms with Gasteiger partial charge in [-0.3, -0.25) is 32.5 Å². The minimum absolute atomic E-state index is 0.0121. The van der Waals surface area contributed by atoms with E-state index in [1.54, 1.807) is 0 Å². The molecule has 5 atom stereocenters. The molecule has 0 rings (SSSR count). The summed E-state index contributed by atoms with van der Waals surface area (Å²) < 4.78 is 61.1. The van der Waals surface area contributed by atoms with E-state index < -0.39 is 91.5 Å². The molecule has 0 aromatic heterocycles. The highest BCUT2D eigenvalue weighted by Gasteiger charge is 2.29. The Labute approximate surface area is 660 Å². The van der Waals surface area contributed by atoms with E-state index in [2.05, 4.69) is 215 Å². The summed E-state index contributed by atoms with van der Waals surface area (Å²) in [4.78, 5) is 58.7. The van der Waals surface area contributed by atoms with E-state index in [0.29, 0.717) is 25.7 Å². The largest absolute Gasteiger partial charge is 0.472 e. The number of hydrogen-bond donors (Lipinski definition) is 4. The molecule has 0 amide bonds. The molecule has 0 spiro atoms. The molecular weight excluding hydrogens is 1410 g/mol. The van der Waals surface area contributed by atoms with Crippen molar-refractivity contribution in [3.63, 3.8) is 0 Å². The van der Waals surface area contributed by atoms with Crippen molar-refractivity contribution in [2.75, 3.05) is 39.6 Å². The van der Waals surface area contributed by atoms with Crippen LogP contribution < -0.4 is 0 Å². The lowest BCUT2D eigenvalue weighted by Gasteiger charge is -2.21. The quantitative estimate of drug-likeness (QED) is 0.0146. The maximum Gasteiger partial charge on any atom is 0.472 e. The van der Waals surface area contributed by atoms with E-state index in [1.807, 2.05) is 12.2 Å². The number of phosphoric ester groups is 2. The summed E-state index contributed by atoms with van der Waals surface area (Å²) in [5.41, 5.74) is 0. The van der Waals surface area contributed by atoms with Gasteiger partial charge in [-0.25, -0.2) is 9.13 Å². The van der Waals surface area contributed by atoms with E-state index in [1.165, 1.54) is 64.2 Å². The summed E-state index contributed by atoms with van der Waals surface area (Å²) in [7, 11) is -9.84. The Kier molecular flexibility index (Phi) is 77.2. The van der Waals surface area contributed by atoms with E-state index in [4.69, 9.17) is 32.3 Å². The van der Waals surface area contributed by atoms with Gasteiger partial charge in [-0.05, 0) is 161 Å². The summed E-state index contributed by atoms with van der Waals surface area (Å²) in [5, 5.41) is 20.7. The minimum Gasteiger partial charge on any atom is -0.463 e. The first-order valence-electron chi connectivity index (χ1n) is 41.4. The predicted molar refractivity (Wildman–Crippen MR) is 454 cm³/mol. The van der Waals surface area contributed by atoms with Crippen molar-refractivity contribution < 1.29 is 75.8 Å². The van der Waals surface area contributed by atoms with Crippen molar-refractivity contribution in [2.45, 2.75) is 309 Å². The summed E-state index contributed by atoms with van der Waals surface area (Å²) >= 11 is 0. The van der Waals surface area contributed by atoms with Crippen molar-refractivity contribution in [3.05, 3.63) is 207 Å². The molecule has 18 heteroatoms. The minimum atomic E-state index is -4.96. The fourth-order valence-electron chi connectivity index (χ4n) is 10.3. The van der Waals surface area contributed by atoms with Gasteiger partial charge in [-0.1, -0.05) is 317 Å². The number of allylic oxidation sites excluding steroid dienone is 34. The topological polar surface area (TPSA) is 231 Å². The first-order chi connectivity index (χ1) is 53.2. The van der Waals surface area contributed by atoms with Gasteiger partial charge in [0.25, 0.3) is 0 Å². The molecular formula is C91H146O16P2. The van der Waals surface area contributed by atoms with Gasteiger partial charge in [0.1, 0.15) is 25.4 Å². The van der Waals surface area contributed by atoms with Crippen molar-refractivity contribution in [2.24, 2.45) is 0 Å². The fraction of sp³-hybridized carbons (Fsp3) is 0.593. The maximum absolute atomic E-state index is 13.0. The molecule has 0 aromatic rings. The number of aliphatic hydroxyl groups is 2. The van der Waals surface area contributed by atoms with Crippen molar-refractivity contribution >= 4 is 33.6 Å². The molecule has 0 aliphatic heterocycles. The molecule has 0 radical (unpaired) electrons. The van der Waals surface area contributed by atoms with Gasteiger partial charge in [-0.15, -0.1) is 0 Å². The molecule has 0 bridgehead atoms. The molecule has 0 saturated carbocycles. The smallest absolute Gasteiger partial charge is 0.463 e. The van der Waals surface area contributed by atoms with Crippen LogP contribution in [0.2, 0.25) is 0 Å². The van der Waals surface area contributed by atoms with Gasteiger partial charge in [0.05, 0.1) is 26.4 Å². The SMILES string of the molecule is CC/C=C\C/C=C\C/C=C\C/C=C\C/C=C\C/C=C\CCCCCCCCCCCCCCCCC(=O)OCC(O)COP(=O)(O)OCC(O)COP(=O)(O)OCC(COC(=O)CCCCCC/C=C\C/C=C\C/C=C\C/C=C\C/C=C\C/C=C\CC)OC(=O)CCC/C=C\C/C=C\C/C=C\C/C=C\C/C=C\CC. The predicted octanol–water partition coefficient (Wildman–Crippen LogP) is 24.9. The van der Waals surface area contributed by atoms with Crippen LogP contribution in [0.3, 0.4) is 0 Å². The molecule has 0 fully saturated rings. The van der Waals surface area contributed by atoms with Crippen LogP contribution in [0.5, 0.6) is 0 Å². The summed E-state index contributed by atoms with van der Waals surface area (Å²) in [6.45, 7) is 2.22. The molecule has 0 aliphatic carbocycles. The van der Waals surface area contributed by atoms with E-state index in [9.17, 15) is 43.5 Å². The Morgan fingerprint density at radius 2 is 0.468 bits per heavy atom. The standard InChI is InChI=1S/C91H146O16P2/c1-4-7-10-13-16-19-22-25-28-31-33-35-37-38-39-40-41-42-43-44-45-46-48-50-51-54-56-59-62-65-68-71-74-77-89(94)101-80-86(92)81-103-108(97,98)104-82-87(93)83-105-109(99,100)106-85-88(107-91(96)79-76-73-70-67-64-61-58-53-30-27-24-21-18-15-12-9-6-3)84-102-90(95)78-75-72-69-66-63-60-57-55-52-49-47-36-34-32-29-26-23-20-17-14-11-8-5-2/h7-12,16-21,25-30,33-36,38-39,41-42,49,52,57-58,60-61,67,70,86-88,92-93H,4-6,13-15,22-24,31-32,37,40,43-48,50-51,53-56,59,62-66,68-69,71-85H2,1-3H3,(H,97,98)(H,99,100)/b10-7-,11-8-,12-9-,19-16-,20-17-,21-18-,28-25-,29-26-,30-27-,35-33-,36-34-,39-38-,42-41-,52-49-,60-57-,61-58-,70-67-. The second-order valence-corrected chi connectivity index (χ2v) is 29.7. The number of rotatable bonds is 76. The van der Waals surface area contributed by atoms with Crippen LogP contribution in [0.25, 0.3) is 0 Å². The number of carbonyl (C=O) groups is 3. The third kappa shape index (κ3) is 82.9. The molecule has 109 heavy (non-hydrogen) atoms. The van der Waals surface area contributed by atoms with Gasteiger partial charge in [-0.2, -0.15) is 0 Å². The first-order valence-corrected chi connectivity index (χ1v) is 44.4. The van der Waals surface area contributed by atoms with E-state index >= 15 is 0 Å². The van der Waals surface area contributed by atoms with Crippen molar-refractivity contribution in [1.29, 1.82) is 0 Å². The number of esters is 3. The van der Waals surface area contributed by atoms with Crippen molar-refractivity contribution in [1.82, 2.24) is 0 Å². The molecule has 4 N–H and O–H groups in total. The molecule has 0 saturated heterocycles. The average molecular weight is 1560 g/mol. The van der Waals surface area contributed by atoms with Crippen LogP contribution in [0, 0.1) is 0 Å². The lowest BCUT2D eigenvalue weighted by atomic mass is 10.0. The van der Waals surface area contributed by atoms with Gasteiger partial charge in [0, 0.05) is 19.3 Å². The summed E-state index contributed by atoms with van der Waals surface area (Å²) in [5.74, 6) is -1.69. The molecule has 16 nitrogen and oxygen atoms in total. The number of aliphatic hydroxyl groups excluding tert-OH is 2. The number of unbranched alkanes of at least 4 members (excludes halogenated alkanes) is 19. The van der Waals surface area contributed by atoms with E-state index in [-0.39, 0.29) is 19.3 Å². The Hall–Kier alpha value is -5.87. The van der Waals surface area contributed by atoms with Crippen LogP contribution in [-0.2, 0) is 55.8 Å². The highest BCUT2D eigenvalue weighted by molar-refractivity contribution is 7.47. The lowest BCUT2D eigenvalue weighted by Crippen LogP contribution is -2.30. The molecule has 0 aromatic carbocycles. The van der Waals surface area contributed by atoms with Gasteiger partial charge >= 0.3 is 33.6 Å². The number of ether oxygens (including phenoxy) is 3. The third-order valence-corrected chi connectivity index (χ3v) is 18.4. The Bertz CT molecular complexity index is 2810.